The largest absolute Gasteiger partial charge is 0.449 e. The lowest BCUT2D eigenvalue weighted by Gasteiger charge is -2.26. The normalized spacial score (nSPS) is 15.5. The number of amides is 1. The molecule has 1 amide bonds. The first-order valence-electron chi connectivity index (χ1n) is 5.32. The molecule has 90 valence electrons. The van der Waals surface area contributed by atoms with Gasteiger partial charge in [0.05, 0.1) is 11.5 Å². The Balaban J connectivity index is 2.03. The quantitative estimate of drug-likeness (QED) is 0.593. The van der Waals surface area contributed by atoms with E-state index in [1.54, 1.807) is 17.0 Å². The summed E-state index contributed by atoms with van der Waals surface area (Å²) in [6.07, 6.45) is 0.494. The zero-order chi connectivity index (χ0) is 12.3. The molecule has 1 saturated heterocycles. The molecule has 0 aliphatic carbocycles. The zero-order valence-corrected chi connectivity index (χ0v) is 9.17. The van der Waals surface area contributed by atoms with Crippen molar-refractivity contribution >= 4 is 11.8 Å². The molecule has 6 heteroatoms. The van der Waals surface area contributed by atoms with Gasteiger partial charge < -0.3 is 9.64 Å². The summed E-state index contributed by atoms with van der Waals surface area (Å²) >= 11 is 0. The molecular weight excluding hydrogens is 224 g/mol. The summed E-state index contributed by atoms with van der Waals surface area (Å²) in [6, 6.07) is 6.18. The monoisotopic (exact) mass is 236 g/mol. The third kappa shape index (κ3) is 2.72. The molecule has 17 heavy (non-hydrogen) atoms. The van der Waals surface area contributed by atoms with Crippen LogP contribution >= 0.6 is 0 Å². The van der Waals surface area contributed by atoms with Gasteiger partial charge in [0.25, 0.3) is 5.69 Å². The summed E-state index contributed by atoms with van der Waals surface area (Å²) in [4.78, 5) is 23.0. The van der Waals surface area contributed by atoms with E-state index in [4.69, 9.17) is 4.74 Å². The lowest BCUT2D eigenvalue weighted by molar-refractivity contribution is -0.384. The third-order valence-electron chi connectivity index (χ3n) is 2.58. The minimum Gasteiger partial charge on any atom is -0.449 e. The summed E-state index contributed by atoms with van der Waals surface area (Å²) in [7, 11) is 0. The van der Waals surface area contributed by atoms with E-state index in [2.05, 4.69) is 0 Å². The van der Waals surface area contributed by atoms with Crippen LogP contribution in [0.1, 0.15) is 12.0 Å². The van der Waals surface area contributed by atoms with Crippen LogP contribution in [0, 0.1) is 10.1 Å². The number of non-ortho nitro benzene ring substituents is 1. The van der Waals surface area contributed by atoms with Gasteiger partial charge in [-0.15, -0.1) is 0 Å². The van der Waals surface area contributed by atoms with Gasteiger partial charge in [0, 0.05) is 25.2 Å². The van der Waals surface area contributed by atoms with Gasteiger partial charge >= 0.3 is 6.09 Å². The van der Waals surface area contributed by atoms with Gasteiger partial charge in [-0.05, 0) is 12.0 Å². The van der Waals surface area contributed by atoms with Crippen LogP contribution in [-0.4, -0.2) is 29.1 Å². The van der Waals surface area contributed by atoms with Crippen LogP contribution in [0.4, 0.5) is 10.5 Å². The number of carbonyl (C=O) groups excluding carboxylic acids is 1. The number of nitro benzene ring substituents is 1. The number of ether oxygens (including phenoxy) is 1. The fraction of sp³-hybridized carbons (Fsp3) is 0.364. The number of rotatable bonds is 3. The van der Waals surface area contributed by atoms with E-state index in [9.17, 15) is 14.9 Å². The van der Waals surface area contributed by atoms with E-state index in [0.717, 1.165) is 12.0 Å². The molecule has 1 aromatic carbocycles. The molecule has 0 spiro atoms. The standard InChI is InChI=1S/C11H12N2O4/c14-11-12(6-1-7-17-11)8-9-2-4-10(5-3-9)13(15)16/h2-5H,1,6-8H2. The van der Waals surface area contributed by atoms with E-state index in [1.165, 1.54) is 12.1 Å². The lowest BCUT2D eigenvalue weighted by atomic mass is 10.2. The minimum atomic E-state index is -0.445. The molecule has 2 rings (SSSR count). The highest BCUT2D eigenvalue weighted by Crippen LogP contribution is 2.15. The number of benzene rings is 1. The minimum absolute atomic E-state index is 0.0509. The molecule has 1 aliphatic rings. The maximum absolute atomic E-state index is 11.4. The molecule has 1 aromatic rings. The van der Waals surface area contributed by atoms with Crippen molar-refractivity contribution in [1.29, 1.82) is 0 Å². The van der Waals surface area contributed by atoms with Crippen molar-refractivity contribution in [3.8, 4) is 0 Å². The average molecular weight is 236 g/mol. The van der Waals surface area contributed by atoms with Gasteiger partial charge in [0.15, 0.2) is 0 Å². The SMILES string of the molecule is O=C1OCCCN1Cc1ccc([N+](=O)[O-])cc1. The topological polar surface area (TPSA) is 72.7 Å². The van der Waals surface area contributed by atoms with Crippen molar-refractivity contribution in [2.24, 2.45) is 0 Å². The fourth-order valence-corrected chi connectivity index (χ4v) is 1.68. The van der Waals surface area contributed by atoms with E-state index in [0.29, 0.717) is 19.7 Å². The van der Waals surface area contributed by atoms with Crippen molar-refractivity contribution in [3.05, 3.63) is 39.9 Å². The Labute approximate surface area is 97.9 Å². The summed E-state index contributed by atoms with van der Waals surface area (Å²) in [5.74, 6) is 0. The molecule has 0 N–H and O–H groups in total. The second-order valence-electron chi connectivity index (χ2n) is 3.81. The van der Waals surface area contributed by atoms with E-state index in [1.807, 2.05) is 0 Å². The van der Waals surface area contributed by atoms with Gasteiger partial charge in [0.2, 0.25) is 0 Å². The van der Waals surface area contributed by atoms with Crippen LogP contribution < -0.4 is 0 Å². The van der Waals surface area contributed by atoms with Crippen molar-refractivity contribution in [2.75, 3.05) is 13.2 Å². The molecule has 0 radical (unpaired) electrons. The molecule has 1 aliphatic heterocycles. The summed E-state index contributed by atoms with van der Waals surface area (Å²) in [5.41, 5.74) is 0.907. The Hall–Kier alpha value is -2.11. The number of hydrogen-bond acceptors (Lipinski definition) is 4. The van der Waals surface area contributed by atoms with Crippen molar-refractivity contribution in [2.45, 2.75) is 13.0 Å². The molecule has 1 heterocycles. The van der Waals surface area contributed by atoms with Crippen LogP contribution in [0.25, 0.3) is 0 Å². The Kier molecular flexibility index (Phi) is 3.22. The highest BCUT2D eigenvalue weighted by Gasteiger charge is 2.19. The van der Waals surface area contributed by atoms with Gasteiger partial charge in [-0.1, -0.05) is 12.1 Å². The second-order valence-corrected chi connectivity index (χ2v) is 3.81. The summed E-state index contributed by atoms with van der Waals surface area (Å²) in [6.45, 7) is 1.56. The average Bonchev–Trinajstić information content (AvgIpc) is 2.33. The number of nitro groups is 1. The maximum atomic E-state index is 11.4. The van der Waals surface area contributed by atoms with Crippen molar-refractivity contribution in [3.63, 3.8) is 0 Å². The van der Waals surface area contributed by atoms with Crippen LogP contribution in [0.2, 0.25) is 0 Å². The van der Waals surface area contributed by atoms with Gasteiger partial charge in [-0.3, -0.25) is 10.1 Å². The highest BCUT2D eigenvalue weighted by atomic mass is 16.6. The number of hydrogen-bond donors (Lipinski definition) is 0. The fourth-order valence-electron chi connectivity index (χ4n) is 1.68. The molecule has 1 fully saturated rings. The molecule has 0 bridgehead atoms. The first kappa shape index (κ1) is 11.4. The summed E-state index contributed by atoms with van der Waals surface area (Å²) in [5, 5.41) is 10.5. The molecule has 6 nitrogen and oxygen atoms in total. The van der Waals surface area contributed by atoms with E-state index < -0.39 is 4.92 Å². The summed E-state index contributed by atoms with van der Waals surface area (Å²) < 4.78 is 4.90. The van der Waals surface area contributed by atoms with Crippen molar-refractivity contribution < 1.29 is 14.5 Å². The van der Waals surface area contributed by atoms with Crippen LogP contribution in [-0.2, 0) is 11.3 Å². The first-order chi connectivity index (χ1) is 8.16. The van der Waals surface area contributed by atoms with Crippen molar-refractivity contribution in [1.82, 2.24) is 4.90 Å². The smallest absolute Gasteiger partial charge is 0.410 e. The Bertz CT molecular complexity index is 430. The molecular formula is C11H12N2O4. The third-order valence-corrected chi connectivity index (χ3v) is 2.58. The van der Waals surface area contributed by atoms with Gasteiger partial charge in [-0.2, -0.15) is 0 Å². The van der Waals surface area contributed by atoms with Crippen LogP contribution in [0.3, 0.4) is 0 Å². The van der Waals surface area contributed by atoms with E-state index in [-0.39, 0.29) is 11.8 Å². The highest BCUT2D eigenvalue weighted by molar-refractivity contribution is 5.68. The maximum Gasteiger partial charge on any atom is 0.410 e. The van der Waals surface area contributed by atoms with Gasteiger partial charge in [-0.25, -0.2) is 4.79 Å². The van der Waals surface area contributed by atoms with Gasteiger partial charge in [0.1, 0.15) is 0 Å². The Morgan fingerprint density at radius 3 is 2.65 bits per heavy atom. The predicted molar refractivity (Wildman–Crippen MR) is 59.5 cm³/mol. The molecule has 0 saturated carbocycles. The molecule has 0 atom stereocenters. The molecule has 0 aromatic heterocycles. The number of cyclic esters (lactones) is 1. The first-order valence-corrected chi connectivity index (χ1v) is 5.32. The van der Waals surface area contributed by atoms with Crippen LogP contribution in [0.15, 0.2) is 24.3 Å². The lowest BCUT2D eigenvalue weighted by Crippen LogP contribution is -2.37. The predicted octanol–water partition coefficient (Wildman–Crippen LogP) is 1.94. The zero-order valence-electron chi connectivity index (χ0n) is 9.17. The second kappa shape index (κ2) is 4.82. The Morgan fingerprint density at radius 2 is 2.06 bits per heavy atom. The molecule has 0 unspecified atom stereocenters. The Morgan fingerprint density at radius 1 is 1.35 bits per heavy atom. The van der Waals surface area contributed by atoms with E-state index >= 15 is 0 Å². The number of nitrogens with zero attached hydrogens (tertiary/aromatic N) is 2. The van der Waals surface area contributed by atoms with Crippen LogP contribution in [0.5, 0.6) is 0 Å². The number of carbonyl (C=O) groups is 1.